The molecule has 1 heterocycles. The predicted octanol–water partition coefficient (Wildman–Crippen LogP) is 3.15. The van der Waals surface area contributed by atoms with Crippen LogP contribution in [0, 0.1) is 0 Å². The molecule has 0 radical (unpaired) electrons. The molecule has 18 heavy (non-hydrogen) atoms. The second kappa shape index (κ2) is 6.05. The van der Waals surface area contributed by atoms with Crippen molar-refractivity contribution in [1.29, 1.82) is 0 Å². The van der Waals surface area contributed by atoms with E-state index >= 15 is 0 Å². The fraction of sp³-hybridized carbons (Fsp3) is 0.267. The molecule has 94 valence electrons. The number of rotatable bonds is 5. The molecule has 0 atom stereocenters. The van der Waals surface area contributed by atoms with Crippen molar-refractivity contribution in [3.63, 3.8) is 0 Å². The first-order chi connectivity index (χ1) is 8.78. The summed E-state index contributed by atoms with van der Waals surface area (Å²) in [4.78, 5) is 14.8. The summed E-state index contributed by atoms with van der Waals surface area (Å²) in [5, 5.41) is 2.90. The maximum atomic E-state index is 11.7. The van der Waals surface area contributed by atoms with E-state index < -0.39 is 0 Å². The standard InChI is InChI=1S/C15H18N2O/c1-2-12-5-7-14(8-6-12)17-15(18)10-9-13-4-3-11-16-13/h3-8,11,16H,2,9-10H2,1H3,(H,17,18). The molecule has 0 bridgehead atoms. The molecule has 0 saturated heterocycles. The highest BCUT2D eigenvalue weighted by Gasteiger charge is 2.03. The molecule has 1 amide bonds. The molecular weight excluding hydrogens is 224 g/mol. The van der Waals surface area contributed by atoms with Crippen molar-refractivity contribution in [3.05, 3.63) is 53.9 Å². The molecule has 3 nitrogen and oxygen atoms in total. The summed E-state index contributed by atoms with van der Waals surface area (Å²) in [6.45, 7) is 2.12. The lowest BCUT2D eigenvalue weighted by atomic mass is 10.1. The zero-order chi connectivity index (χ0) is 12.8. The van der Waals surface area contributed by atoms with Crippen molar-refractivity contribution >= 4 is 11.6 Å². The number of carbonyl (C=O) groups excluding carboxylic acids is 1. The summed E-state index contributed by atoms with van der Waals surface area (Å²) in [6.07, 6.45) is 4.12. The van der Waals surface area contributed by atoms with E-state index in [0.717, 1.165) is 24.2 Å². The molecule has 2 aromatic rings. The van der Waals surface area contributed by atoms with Gasteiger partial charge in [0, 0.05) is 24.0 Å². The van der Waals surface area contributed by atoms with Gasteiger partial charge in [0.15, 0.2) is 0 Å². The van der Waals surface area contributed by atoms with Crippen molar-refractivity contribution in [3.8, 4) is 0 Å². The van der Waals surface area contributed by atoms with Crippen LogP contribution in [0.25, 0.3) is 0 Å². The fourth-order valence-corrected chi connectivity index (χ4v) is 1.82. The largest absolute Gasteiger partial charge is 0.365 e. The van der Waals surface area contributed by atoms with E-state index in [4.69, 9.17) is 0 Å². The average molecular weight is 242 g/mol. The summed E-state index contributed by atoms with van der Waals surface area (Å²) in [5.41, 5.74) is 3.23. The van der Waals surface area contributed by atoms with Crippen LogP contribution in [-0.4, -0.2) is 10.9 Å². The molecule has 3 heteroatoms. The third kappa shape index (κ3) is 3.48. The quantitative estimate of drug-likeness (QED) is 0.831. The lowest BCUT2D eigenvalue weighted by molar-refractivity contribution is -0.116. The van der Waals surface area contributed by atoms with Gasteiger partial charge >= 0.3 is 0 Å². The number of hydrogen-bond donors (Lipinski definition) is 2. The first kappa shape index (κ1) is 12.4. The second-order valence-corrected chi connectivity index (χ2v) is 4.29. The number of nitrogens with one attached hydrogen (secondary N) is 2. The predicted molar refractivity (Wildman–Crippen MR) is 73.6 cm³/mol. The number of H-pyrrole nitrogens is 1. The molecule has 0 unspecified atom stereocenters. The van der Waals surface area contributed by atoms with Crippen molar-refractivity contribution in [2.45, 2.75) is 26.2 Å². The SMILES string of the molecule is CCc1ccc(NC(=O)CCc2ccc[nH]2)cc1. The maximum Gasteiger partial charge on any atom is 0.224 e. The Morgan fingerprint density at radius 1 is 1.22 bits per heavy atom. The van der Waals surface area contributed by atoms with Gasteiger partial charge in [-0.1, -0.05) is 19.1 Å². The number of hydrogen-bond acceptors (Lipinski definition) is 1. The normalized spacial score (nSPS) is 10.3. The maximum absolute atomic E-state index is 11.7. The van der Waals surface area contributed by atoms with Crippen molar-refractivity contribution < 1.29 is 4.79 Å². The first-order valence-corrected chi connectivity index (χ1v) is 6.29. The number of aromatic nitrogens is 1. The summed E-state index contributed by atoms with van der Waals surface area (Å²) in [6, 6.07) is 11.9. The Bertz CT molecular complexity index is 486. The molecule has 0 spiro atoms. The van der Waals surface area contributed by atoms with Gasteiger partial charge in [-0.25, -0.2) is 0 Å². The van der Waals surface area contributed by atoms with Crippen LogP contribution in [0.2, 0.25) is 0 Å². The van der Waals surface area contributed by atoms with Crippen LogP contribution >= 0.6 is 0 Å². The third-order valence-corrected chi connectivity index (χ3v) is 2.93. The molecule has 0 aliphatic heterocycles. The molecule has 2 rings (SSSR count). The Morgan fingerprint density at radius 2 is 2.00 bits per heavy atom. The van der Waals surface area contributed by atoms with Crippen LogP contribution in [0.5, 0.6) is 0 Å². The van der Waals surface area contributed by atoms with Gasteiger partial charge in [0.05, 0.1) is 0 Å². The van der Waals surface area contributed by atoms with Gasteiger partial charge < -0.3 is 10.3 Å². The van der Waals surface area contributed by atoms with E-state index in [2.05, 4.69) is 17.2 Å². The van der Waals surface area contributed by atoms with Gasteiger partial charge in [0.25, 0.3) is 0 Å². The smallest absolute Gasteiger partial charge is 0.224 e. The average Bonchev–Trinajstić information content (AvgIpc) is 2.90. The molecule has 0 aliphatic carbocycles. The highest BCUT2D eigenvalue weighted by atomic mass is 16.1. The van der Waals surface area contributed by atoms with E-state index in [1.807, 2.05) is 42.6 Å². The van der Waals surface area contributed by atoms with E-state index in [1.165, 1.54) is 5.56 Å². The Kier molecular flexibility index (Phi) is 4.18. The van der Waals surface area contributed by atoms with Crippen LogP contribution < -0.4 is 5.32 Å². The van der Waals surface area contributed by atoms with E-state index in [1.54, 1.807) is 0 Å². The summed E-state index contributed by atoms with van der Waals surface area (Å²) < 4.78 is 0. The van der Waals surface area contributed by atoms with Gasteiger partial charge in [-0.3, -0.25) is 4.79 Å². The van der Waals surface area contributed by atoms with E-state index in [0.29, 0.717) is 6.42 Å². The van der Waals surface area contributed by atoms with Crippen LogP contribution in [0.15, 0.2) is 42.6 Å². The number of anilines is 1. The van der Waals surface area contributed by atoms with Gasteiger partial charge in [0.2, 0.25) is 5.91 Å². The van der Waals surface area contributed by atoms with Crippen molar-refractivity contribution in [2.75, 3.05) is 5.32 Å². The van der Waals surface area contributed by atoms with Gasteiger partial charge in [-0.2, -0.15) is 0 Å². The lowest BCUT2D eigenvalue weighted by Gasteiger charge is -2.05. The van der Waals surface area contributed by atoms with Crippen LogP contribution in [0.3, 0.4) is 0 Å². The zero-order valence-electron chi connectivity index (χ0n) is 10.6. The number of aromatic amines is 1. The van der Waals surface area contributed by atoms with Crippen molar-refractivity contribution in [1.82, 2.24) is 4.98 Å². The number of amides is 1. The molecule has 0 saturated carbocycles. The van der Waals surface area contributed by atoms with Crippen molar-refractivity contribution in [2.24, 2.45) is 0 Å². The zero-order valence-corrected chi connectivity index (χ0v) is 10.6. The Balaban J connectivity index is 1.83. The summed E-state index contributed by atoms with van der Waals surface area (Å²) in [7, 11) is 0. The van der Waals surface area contributed by atoms with E-state index in [-0.39, 0.29) is 5.91 Å². The molecule has 2 N–H and O–H groups in total. The number of carbonyl (C=O) groups is 1. The minimum Gasteiger partial charge on any atom is -0.365 e. The topological polar surface area (TPSA) is 44.9 Å². The summed E-state index contributed by atoms with van der Waals surface area (Å²) >= 11 is 0. The number of aryl methyl sites for hydroxylation is 2. The molecule has 1 aromatic carbocycles. The third-order valence-electron chi connectivity index (χ3n) is 2.93. The van der Waals surface area contributed by atoms with Gasteiger partial charge in [-0.15, -0.1) is 0 Å². The van der Waals surface area contributed by atoms with Crippen LogP contribution in [0.4, 0.5) is 5.69 Å². The minimum absolute atomic E-state index is 0.0499. The Labute approximate surface area is 107 Å². The van der Waals surface area contributed by atoms with Gasteiger partial charge in [-0.05, 0) is 42.7 Å². The van der Waals surface area contributed by atoms with Crippen LogP contribution in [-0.2, 0) is 17.6 Å². The summed E-state index contributed by atoms with van der Waals surface area (Å²) in [5.74, 6) is 0.0499. The first-order valence-electron chi connectivity index (χ1n) is 6.29. The fourth-order valence-electron chi connectivity index (χ4n) is 1.82. The Hall–Kier alpha value is -2.03. The monoisotopic (exact) mass is 242 g/mol. The molecule has 0 aliphatic rings. The molecule has 0 fully saturated rings. The molecule has 1 aromatic heterocycles. The highest BCUT2D eigenvalue weighted by molar-refractivity contribution is 5.90. The minimum atomic E-state index is 0.0499. The second-order valence-electron chi connectivity index (χ2n) is 4.29. The van der Waals surface area contributed by atoms with Crippen LogP contribution in [0.1, 0.15) is 24.6 Å². The van der Waals surface area contributed by atoms with Gasteiger partial charge in [0.1, 0.15) is 0 Å². The van der Waals surface area contributed by atoms with E-state index in [9.17, 15) is 4.79 Å². The lowest BCUT2D eigenvalue weighted by Crippen LogP contribution is -2.12. The Morgan fingerprint density at radius 3 is 2.61 bits per heavy atom. The highest BCUT2D eigenvalue weighted by Crippen LogP contribution is 2.10. The number of benzene rings is 1. The molecular formula is C15H18N2O.